The molecule has 9 heteroatoms. The molecule has 0 aliphatic carbocycles. The van der Waals surface area contributed by atoms with Crippen molar-refractivity contribution < 1.29 is 32.3 Å². The van der Waals surface area contributed by atoms with Crippen molar-refractivity contribution in [3.05, 3.63) is 35.4 Å². The number of hydrogen-bond acceptors (Lipinski definition) is 4. The lowest BCUT2D eigenvalue weighted by Crippen LogP contribution is -2.46. The van der Waals surface area contributed by atoms with Gasteiger partial charge in [-0.25, -0.2) is 0 Å². The smallest absolute Gasteiger partial charge is 0.378 e. The molecule has 3 rings (SSSR count). The van der Waals surface area contributed by atoms with Gasteiger partial charge in [0.25, 0.3) is 0 Å². The fraction of sp³-hybridized carbons (Fsp3) is 0.526. The van der Waals surface area contributed by atoms with Gasteiger partial charge in [0, 0.05) is 32.5 Å². The fourth-order valence-electron chi connectivity index (χ4n) is 3.76. The Kier molecular flexibility index (Phi) is 5.47. The standard InChI is InChI=1S/C19H21F3N2O4/c1-2-24-16(26)12-18(17(24)27,11-15(25)23-6-8-28-9-7-23)13-4-3-5-14(10-13)19(20,21)22/h3-5,10H,2,6-9,11-12H2,1H3/t18-/m0/s1. The molecule has 152 valence electrons. The highest BCUT2D eigenvalue weighted by atomic mass is 19.4. The first kappa shape index (κ1) is 20.3. The average Bonchev–Trinajstić information content (AvgIpc) is 2.92. The van der Waals surface area contributed by atoms with Crippen LogP contribution in [0.5, 0.6) is 0 Å². The second-order valence-electron chi connectivity index (χ2n) is 6.95. The van der Waals surface area contributed by atoms with E-state index in [4.69, 9.17) is 4.74 Å². The first-order valence-electron chi connectivity index (χ1n) is 9.07. The Hall–Kier alpha value is -2.42. The molecule has 0 aromatic heterocycles. The van der Waals surface area contributed by atoms with E-state index >= 15 is 0 Å². The number of halogens is 3. The van der Waals surface area contributed by atoms with E-state index in [-0.39, 0.29) is 30.9 Å². The van der Waals surface area contributed by atoms with E-state index in [1.807, 2.05) is 0 Å². The Balaban J connectivity index is 2.02. The Labute approximate surface area is 160 Å². The highest BCUT2D eigenvalue weighted by Crippen LogP contribution is 2.42. The molecule has 2 aliphatic heterocycles. The number of likely N-dealkylation sites (N-methyl/N-ethyl adjacent to an activating group) is 1. The molecule has 0 spiro atoms. The number of amides is 3. The van der Waals surface area contributed by atoms with Crippen LogP contribution in [0.4, 0.5) is 13.2 Å². The van der Waals surface area contributed by atoms with E-state index in [9.17, 15) is 27.6 Å². The number of carbonyl (C=O) groups excluding carboxylic acids is 3. The number of rotatable bonds is 4. The number of alkyl halides is 3. The van der Waals surface area contributed by atoms with Crippen molar-refractivity contribution in [1.29, 1.82) is 0 Å². The molecular formula is C19H21F3N2O4. The minimum Gasteiger partial charge on any atom is -0.378 e. The zero-order valence-corrected chi connectivity index (χ0v) is 15.4. The predicted molar refractivity (Wildman–Crippen MR) is 92.1 cm³/mol. The van der Waals surface area contributed by atoms with Gasteiger partial charge >= 0.3 is 6.18 Å². The number of morpholine rings is 1. The van der Waals surface area contributed by atoms with Crippen LogP contribution < -0.4 is 0 Å². The molecule has 0 N–H and O–H groups in total. The van der Waals surface area contributed by atoms with E-state index in [2.05, 4.69) is 0 Å². The minimum absolute atomic E-state index is 0.0400. The molecule has 1 atom stereocenters. The lowest BCUT2D eigenvalue weighted by Gasteiger charge is -2.32. The first-order chi connectivity index (χ1) is 13.2. The fourth-order valence-corrected chi connectivity index (χ4v) is 3.76. The molecule has 1 aromatic rings. The maximum atomic E-state index is 13.2. The first-order valence-corrected chi connectivity index (χ1v) is 9.07. The van der Waals surface area contributed by atoms with Crippen LogP contribution in [0.15, 0.2) is 24.3 Å². The zero-order chi connectivity index (χ0) is 20.5. The van der Waals surface area contributed by atoms with Crippen LogP contribution in [0, 0.1) is 0 Å². The lowest BCUT2D eigenvalue weighted by molar-refractivity contribution is -0.144. The molecule has 1 aromatic carbocycles. The Morgan fingerprint density at radius 1 is 1.21 bits per heavy atom. The van der Waals surface area contributed by atoms with Crippen molar-refractivity contribution in [3.8, 4) is 0 Å². The molecule has 0 radical (unpaired) electrons. The topological polar surface area (TPSA) is 66.9 Å². The van der Waals surface area contributed by atoms with E-state index in [0.717, 1.165) is 17.0 Å². The van der Waals surface area contributed by atoms with Crippen LogP contribution in [-0.4, -0.2) is 60.4 Å². The number of carbonyl (C=O) groups is 3. The Bertz CT molecular complexity index is 790. The number of nitrogens with zero attached hydrogens (tertiary/aromatic N) is 2. The van der Waals surface area contributed by atoms with Crippen molar-refractivity contribution in [1.82, 2.24) is 9.80 Å². The molecule has 2 fully saturated rings. The predicted octanol–water partition coefficient (Wildman–Crippen LogP) is 1.97. The zero-order valence-electron chi connectivity index (χ0n) is 15.4. The van der Waals surface area contributed by atoms with Gasteiger partial charge in [-0.3, -0.25) is 19.3 Å². The molecule has 0 bridgehead atoms. The third-order valence-electron chi connectivity index (χ3n) is 5.28. The van der Waals surface area contributed by atoms with Crippen LogP contribution in [0.1, 0.15) is 30.9 Å². The van der Waals surface area contributed by atoms with Crippen molar-refractivity contribution in [3.63, 3.8) is 0 Å². The van der Waals surface area contributed by atoms with Crippen LogP contribution in [0.3, 0.4) is 0 Å². The molecule has 2 aliphatic rings. The minimum atomic E-state index is -4.60. The van der Waals surface area contributed by atoms with Gasteiger partial charge < -0.3 is 9.64 Å². The molecule has 3 amide bonds. The van der Waals surface area contributed by atoms with E-state index in [1.54, 1.807) is 6.92 Å². The maximum Gasteiger partial charge on any atom is 0.416 e. The molecule has 2 saturated heterocycles. The van der Waals surface area contributed by atoms with Gasteiger partial charge in [-0.1, -0.05) is 18.2 Å². The van der Waals surface area contributed by atoms with Crippen LogP contribution in [0.25, 0.3) is 0 Å². The monoisotopic (exact) mass is 398 g/mol. The van der Waals surface area contributed by atoms with Crippen LogP contribution in [-0.2, 0) is 30.7 Å². The Morgan fingerprint density at radius 3 is 2.46 bits per heavy atom. The summed E-state index contributed by atoms with van der Waals surface area (Å²) in [7, 11) is 0. The van der Waals surface area contributed by atoms with Gasteiger partial charge in [0.2, 0.25) is 17.7 Å². The van der Waals surface area contributed by atoms with Crippen molar-refractivity contribution >= 4 is 17.7 Å². The van der Waals surface area contributed by atoms with E-state index in [1.165, 1.54) is 17.0 Å². The highest BCUT2D eigenvalue weighted by Gasteiger charge is 2.54. The van der Waals surface area contributed by atoms with Crippen LogP contribution >= 0.6 is 0 Å². The van der Waals surface area contributed by atoms with Crippen molar-refractivity contribution in [2.24, 2.45) is 0 Å². The molecule has 0 saturated carbocycles. The molecule has 0 unspecified atom stereocenters. The quantitative estimate of drug-likeness (QED) is 0.728. The third-order valence-corrected chi connectivity index (χ3v) is 5.28. The summed E-state index contributed by atoms with van der Waals surface area (Å²) < 4.78 is 44.8. The number of hydrogen-bond donors (Lipinski definition) is 0. The van der Waals surface area contributed by atoms with Gasteiger partial charge in [-0.15, -0.1) is 0 Å². The maximum absolute atomic E-state index is 13.2. The third kappa shape index (κ3) is 3.63. The van der Waals surface area contributed by atoms with E-state index in [0.29, 0.717) is 26.3 Å². The van der Waals surface area contributed by atoms with Gasteiger partial charge in [0.1, 0.15) is 0 Å². The second kappa shape index (κ2) is 7.54. The normalized spacial score (nSPS) is 23.4. The SMILES string of the molecule is CCN1C(=O)C[C@@](CC(=O)N2CCOCC2)(c2cccc(C(F)(F)F)c2)C1=O. The molecular weight excluding hydrogens is 377 g/mol. The summed E-state index contributed by atoms with van der Waals surface area (Å²) in [6.07, 6.45) is -5.27. The molecule has 6 nitrogen and oxygen atoms in total. The summed E-state index contributed by atoms with van der Waals surface area (Å²) >= 11 is 0. The number of ether oxygens (including phenoxy) is 1. The summed E-state index contributed by atoms with van der Waals surface area (Å²) in [5.41, 5.74) is -2.50. The molecule has 2 heterocycles. The highest BCUT2D eigenvalue weighted by molar-refractivity contribution is 6.10. The largest absolute Gasteiger partial charge is 0.416 e. The van der Waals surface area contributed by atoms with Crippen LogP contribution in [0.2, 0.25) is 0 Å². The van der Waals surface area contributed by atoms with Gasteiger partial charge in [-0.05, 0) is 18.6 Å². The summed E-state index contributed by atoms with van der Waals surface area (Å²) in [4.78, 5) is 40.8. The summed E-state index contributed by atoms with van der Waals surface area (Å²) in [5, 5.41) is 0. The van der Waals surface area contributed by atoms with Crippen molar-refractivity contribution in [2.75, 3.05) is 32.8 Å². The number of benzene rings is 1. The van der Waals surface area contributed by atoms with Gasteiger partial charge in [0.05, 0.1) is 24.2 Å². The van der Waals surface area contributed by atoms with Crippen molar-refractivity contribution in [2.45, 2.75) is 31.4 Å². The lowest BCUT2D eigenvalue weighted by atomic mass is 9.75. The summed E-state index contributed by atoms with van der Waals surface area (Å²) in [5.74, 6) is -1.49. The van der Waals surface area contributed by atoms with Gasteiger partial charge in [0.15, 0.2) is 0 Å². The van der Waals surface area contributed by atoms with E-state index < -0.39 is 29.0 Å². The average molecular weight is 398 g/mol. The summed E-state index contributed by atoms with van der Waals surface area (Å²) in [6.45, 7) is 3.12. The van der Waals surface area contributed by atoms with Gasteiger partial charge in [-0.2, -0.15) is 13.2 Å². The second-order valence-corrected chi connectivity index (χ2v) is 6.95. The Morgan fingerprint density at radius 2 is 1.89 bits per heavy atom. The summed E-state index contributed by atoms with van der Waals surface area (Å²) in [6, 6.07) is 4.36. The number of likely N-dealkylation sites (tertiary alicyclic amines) is 1. The number of imide groups is 1. The molecule has 28 heavy (non-hydrogen) atoms.